The van der Waals surface area contributed by atoms with E-state index in [-0.39, 0.29) is 0 Å². The lowest BCUT2D eigenvalue weighted by atomic mass is 10.1. The number of nitriles is 1. The standard InChI is InChI=1S/C12H12N2O/c1-14-6-4-9-8-12(15-2)10(3-5-13)7-11(9)14/h4,6-8H,3H2,1-2H3. The monoisotopic (exact) mass is 200 g/mol. The molecule has 1 aromatic heterocycles. The van der Waals surface area contributed by atoms with Crippen LogP contribution >= 0.6 is 0 Å². The first kappa shape index (κ1) is 9.60. The number of fused-ring (bicyclic) bond motifs is 1. The number of aryl methyl sites for hydroxylation is 1. The number of methoxy groups -OCH3 is 1. The van der Waals surface area contributed by atoms with Gasteiger partial charge >= 0.3 is 0 Å². The molecule has 0 saturated heterocycles. The largest absolute Gasteiger partial charge is 0.496 e. The predicted octanol–water partition coefficient (Wildman–Crippen LogP) is 2.25. The van der Waals surface area contributed by atoms with Crippen molar-refractivity contribution in [2.45, 2.75) is 6.42 Å². The van der Waals surface area contributed by atoms with Crippen molar-refractivity contribution < 1.29 is 4.74 Å². The van der Waals surface area contributed by atoms with Gasteiger partial charge in [0.1, 0.15) is 5.75 Å². The van der Waals surface area contributed by atoms with Crippen molar-refractivity contribution in [1.29, 1.82) is 5.26 Å². The zero-order chi connectivity index (χ0) is 10.8. The molecule has 76 valence electrons. The maximum absolute atomic E-state index is 8.72. The van der Waals surface area contributed by atoms with Crippen LogP contribution in [0.1, 0.15) is 5.56 Å². The Kier molecular flexibility index (Phi) is 2.34. The summed E-state index contributed by atoms with van der Waals surface area (Å²) in [5.74, 6) is 0.787. The van der Waals surface area contributed by atoms with Gasteiger partial charge in [-0.2, -0.15) is 5.26 Å². The highest BCUT2D eigenvalue weighted by Crippen LogP contribution is 2.26. The number of aromatic nitrogens is 1. The van der Waals surface area contributed by atoms with Gasteiger partial charge in [-0.05, 0) is 18.2 Å². The molecule has 0 radical (unpaired) electrons. The van der Waals surface area contributed by atoms with Gasteiger partial charge in [0.05, 0.1) is 19.6 Å². The lowest BCUT2D eigenvalue weighted by molar-refractivity contribution is 0.411. The average molecular weight is 200 g/mol. The lowest BCUT2D eigenvalue weighted by Gasteiger charge is -2.06. The topological polar surface area (TPSA) is 38.0 Å². The lowest BCUT2D eigenvalue weighted by Crippen LogP contribution is -1.92. The summed E-state index contributed by atoms with van der Waals surface area (Å²) in [5.41, 5.74) is 2.07. The van der Waals surface area contributed by atoms with Crippen LogP contribution in [0, 0.1) is 11.3 Å². The summed E-state index contributed by atoms with van der Waals surface area (Å²) < 4.78 is 7.29. The molecule has 15 heavy (non-hydrogen) atoms. The third kappa shape index (κ3) is 1.55. The summed E-state index contributed by atoms with van der Waals surface area (Å²) in [5, 5.41) is 9.85. The summed E-state index contributed by atoms with van der Waals surface area (Å²) in [4.78, 5) is 0. The van der Waals surface area contributed by atoms with Crippen LogP contribution in [-0.2, 0) is 13.5 Å². The van der Waals surface area contributed by atoms with Gasteiger partial charge in [0, 0.05) is 29.7 Å². The third-order valence-electron chi connectivity index (χ3n) is 2.56. The van der Waals surface area contributed by atoms with E-state index < -0.39 is 0 Å². The van der Waals surface area contributed by atoms with Crippen molar-refractivity contribution in [3.63, 3.8) is 0 Å². The van der Waals surface area contributed by atoms with Gasteiger partial charge in [-0.1, -0.05) is 0 Å². The maximum Gasteiger partial charge on any atom is 0.123 e. The number of hydrogen-bond donors (Lipinski definition) is 0. The van der Waals surface area contributed by atoms with E-state index in [9.17, 15) is 0 Å². The van der Waals surface area contributed by atoms with Gasteiger partial charge in [-0.3, -0.25) is 0 Å². The first-order chi connectivity index (χ1) is 7.26. The normalized spacial score (nSPS) is 10.2. The van der Waals surface area contributed by atoms with Crippen LogP contribution < -0.4 is 4.74 Å². The third-order valence-corrected chi connectivity index (χ3v) is 2.56. The van der Waals surface area contributed by atoms with Gasteiger partial charge in [0.2, 0.25) is 0 Å². The second-order valence-electron chi connectivity index (χ2n) is 3.48. The molecule has 1 aromatic carbocycles. The van der Waals surface area contributed by atoms with Crippen LogP contribution in [0.5, 0.6) is 5.75 Å². The van der Waals surface area contributed by atoms with E-state index in [2.05, 4.69) is 6.07 Å². The molecule has 0 amide bonds. The first-order valence-corrected chi connectivity index (χ1v) is 4.75. The van der Waals surface area contributed by atoms with Crippen molar-refractivity contribution in [1.82, 2.24) is 4.57 Å². The molecule has 0 unspecified atom stereocenters. The summed E-state index contributed by atoms with van der Waals surface area (Å²) in [6, 6.07) is 8.17. The molecule has 0 spiro atoms. The van der Waals surface area contributed by atoms with Gasteiger partial charge in [-0.15, -0.1) is 0 Å². The molecule has 2 rings (SSSR count). The second-order valence-corrected chi connectivity index (χ2v) is 3.48. The Bertz CT molecular complexity index is 534. The highest BCUT2D eigenvalue weighted by molar-refractivity contribution is 5.83. The highest BCUT2D eigenvalue weighted by Gasteiger charge is 2.06. The number of ether oxygens (including phenoxy) is 1. The molecule has 3 heteroatoms. The number of nitrogens with zero attached hydrogens (tertiary/aromatic N) is 2. The fourth-order valence-electron chi connectivity index (χ4n) is 1.75. The number of benzene rings is 1. The van der Waals surface area contributed by atoms with Crippen molar-refractivity contribution in [3.05, 3.63) is 30.0 Å². The van der Waals surface area contributed by atoms with Crippen molar-refractivity contribution in [2.75, 3.05) is 7.11 Å². The van der Waals surface area contributed by atoms with Gasteiger partial charge in [0.25, 0.3) is 0 Å². The molecular weight excluding hydrogens is 188 g/mol. The molecule has 0 aliphatic heterocycles. The molecule has 0 fully saturated rings. The number of hydrogen-bond acceptors (Lipinski definition) is 2. The Morgan fingerprint density at radius 2 is 2.27 bits per heavy atom. The maximum atomic E-state index is 8.72. The molecule has 0 N–H and O–H groups in total. The summed E-state index contributed by atoms with van der Waals surface area (Å²) in [6.45, 7) is 0. The van der Waals surface area contributed by atoms with Crippen LogP contribution in [0.3, 0.4) is 0 Å². The Balaban J connectivity index is 2.67. The molecule has 0 aliphatic carbocycles. The second kappa shape index (κ2) is 3.66. The van der Waals surface area contributed by atoms with Gasteiger partial charge in [0.15, 0.2) is 0 Å². The Morgan fingerprint density at radius 3 is 2.93 bits per heavy atom. The van der Waals surface area contributed by atoms with Crippen molar-refractivity contribution in [3.8, 4) is 11.8 Å². The van der Waals surface area contributed by atoms with Crippen LogP contribution in [0.25, 0.3) is 10.9 Å². The van der Waals surface area contributed by atoms with E-state index in [1.807, 2.05) is 36.0 Å². The molecule has 2 aromatic rings. The summed E-state index contributed by atoms with van der Waals surface area (Å²) >= 11 is 0. The van der Waals surface area contributed by atoms with E-state index in [0.717, 1.165) is 22.2 Å². The Hall–Kier alpha value is -1.95. The zero-order valence-corrected chi connectivity index (χ0v) is 8.82. The molecular formula is C12H12N2O. The molecule has 1 heterocycles. The minimum Gasteiger partial charge on any atom is -0.496 e. The molecule has 0 bridgehead atoms. The minimum atomic E-state index is 0.379. The highest BCUT2D eigenvalue weighted by atomic mass is 16.5. The van der Waals surface area contributed by atoms with Crippen LogP contribution in [0.15, 0.2) is 24.4 Å². The van der Waals surface area contributed by atoms with Crippen LogP contribution in [0.4, 0.5) is 0 Å². The minimum absolute atomic E-state index is 0.379. The van der Waals surface area contributed by atoms with E-state index in [1.165, 1.54) is 0 Å². The zero-order valence-electron chi connectivity index (χ0n) is 8.82. The first-order valence-electron chi connectivity index (χ1n) is 4.75. The molecule has 0 atom stereocenters. The van der Waals surface area contributed by atoms with Crippen molar-refractivity contribution >= 4 is 10.9 Å². The fraction of sp³-hybridized carbons (Fsp3) is 0.250. The summed E-state index contributed by atoms with van der Waals surface area (Å²) in [7, 11) is 3.62. The van der Waals surface area contributed by atoms with Gasteiger partial charge < -0.3 is 9.30 Å². The van der Waals surface area contributed by atoms with Crippen LogP contribution in [0.2, 0.25) is 0 Å². The smallest absolute Gasteiger partial charge is 0.123 e. The molecule has 0 aliphatic rings. The quantitative estimate of drug-likeness (QED) is 0.745. The average Bonchev–Trinajstić information content (AvgIpc) is 2.60. The Morgan fingerprint density at radius 1 is 1.47 bits per heavy atom. The van der Waals surface area contributed by atoms with E-state index in [1.54, 1.807) is 7.11 Å². The van der Waals surface area contributed by atoms with E-state index in [0.29, 0.717) is 6.42 Å². The van der Waals surface area contributed by atoms with Crippen molar-refractivity contribution in [2.24, 2.45) is 7.05 Å². The van der Waals surface area contributed by atoms with Gasteiger partial charge in [-0.25, -0.2) is 0 Å². The molecule has 0 saturated carbocycles. The molecule has 3 nitrogen and oxygen atoms in total. The summed E-state index contributed by atoms with van der Waals surface area (Å²) in [6.07, 6.45) is 2.38. The SMILES string of the molecule is COc1cc2ccn(C)c2cc1CC#N. The Labute approximate surface area is 88.5 Å². The fourth-order valence-corrected chi connectivity index (χ4v) is 1.75. The predicted molar refractivity (Wildman–Crippen MR) is 58.8 cm³/mol. The number of rotatable bonds is 2. The van der Waals surface area contributed by atoms with E-state index in [4.69, 9.17) is 10.00 Å². The van der Waals surface area contributed by atoms with Crippen LogP contribution in [-0.4, -0.2) is 11.7 Å². The van der Waals surface area contributed by atoms with E-state index >= 15 is 0 Å².